The fourth-order valence-electron chi connectivity index (χ4n) is 2.29. The van der Waals surface area contributed by atoms with E-state index in [0.717, 1.165) is 5.56 Å². The molecule has 2 heterocycles. The summed E-state index contributed by atoms with van der Waals surface area (Å²) in [5, 5.41) is 10.3. The number of benzene rings is 1. The Hall–Kier alpha value is -2.36. The van der Waals surface area contributed by atoms with E-state index in [0.29, 0.717) is 6.42 Å². The maximum Gasteiger partial charge on any atom is 0.357 e. The molecule has 19 heavy (non-hydrogen) atoms. The second-order valence-corrected chi connectivity index (χ2v) is 4.56. The molecule has 0 spiro atoms. The molecule has 0 fully saturated rings. The number of hydrogen-bond acceptors (Lipinski definition) is 2. The van der Waals surface area contributed by atoms with Gasteiger partial charge in [0.25, 0.3) is 0 Å². The molecule has 0 saturated heterocycles. The quantitative estimate of drug-likeness (QED) is 0.648. The molecule has 96 valence electrons. The van der Waals surface area contributed by atoms with Crippen molar-refractivity contribution in [1.82, 2.24) is 0 Å². The topological polar surface area (TPSA) is 49.5 Å². The zero-order valence-corrected chi connectivity index (χ0v) is 10.3. The first-order valence-corrected chi connectivity index (χ1v) is 6.19. The number of fused-ring (bicyclic) bond motifs is 1. The number of carbonyl (C=O) groups excluding carboxylic acids is 1. The summed E-state index contributed by atoms with van der Waals surface area (Å²) < 4.78 is 6.89. The van der Waals surface area contributed by atoms with Gasteiger partial charge in [0.2, 0.25) is 0 Å². The first-order valence-electron chi connectivity index (χ1n) is 6.19. The van der Waals surface area contributed by atoms with E-state index in [9.17, 15) is 9.90 Å². The Labute approximate surface area is 110 Å². The lowest BCUT2D eigenvalue weighted by molar-refractivity contribution is -0.549. The van der Waals surface area contributed by atoms with Gasteiger partial charge in [-0.05, 0) is 18.1 Å². The predicted molar refractivity (Wildman–Crippen MR) is 69.7 cm³/mol. The van der Waals surface area contributed by atoms with Crippen LogP contribution in [0.3, 0.4) is 0 Å². The minimum Gasteiger partial charge on any atom is -0.462 e. The highest BCUT2D eigenvalue weighted by Gasteiger charge is 2.43. The smallest absolute Gasteiger partial charge is 0.357 e. The molecular weight excluding hydrogens is 242 g/mol. The van der Waals surface area contributed by atoms with Gasteiger partial charge < -0.3 is 9.84 Å². The summed E-state index contributed by atoms with van der Waals surface area (Å²) in [6, 6.07) is 9.59. The number of carbonyl (C=O) groups is 1. The number of hydrogen-bond donors (Lipinski definition) is 1. The molecule has 2 atom stereocenters. The second kappa shape index (κ2) is 4.72. The Morgan fingerprint density at radius 1 is 1.21 bits per heavy atom. The van der Waals surface area contributed by atoms with Gasteiger partial charge in [-0.25, -0.2) is 0 Å². The highest BCUT2D eigenvalue weighted by molar-refractivity contribution is 5.96. The van der Waals surface area contributed by atoms with Gasteiger partial charge in [0.05, 0.1) is 0 Å². The highest BCUT2D eigenvalue weighted by atomic mass is 16.6. The van der Waals surface area contributed by atoms with Crippen molar-refractivity contribution in [2.24, 2.45) is 5.92 Å². The predicted octanol–water partition coefficient (Wildman–Crippen LogP) is 1.78. The Morgan fingerprint density at radius 3 is 2.79 bits per heavy atom. The van der Waals surface area contributed by atoms with Crippen LogP contribution in [0, 0.1) is 5.92 Å². The zero-order valence-electron chi connectivity index (χ0n) is 10.3. The molecule has 4 nitrogen and oxygen atoms in total. The first kappa shape index (κ1) is 11.7. The van der Waals surface area contributed by atoms with Crippen LogP contribution in [0.2, 0.25) is 0 Å². The van der Waals surface area contributed by atoms with Gasteiger partial charge in [-0.2, -0.15) is 0 Å². The number of esters is 1. The lowest BCUT2D eigenvalue weighted by atomic mass is 9.98. The normalized spacial score (nSPS) is 25.2. The lowest BCUT2D eigenvalue weighted by Crippen LogP contribution is -2.45. The SMILES string of the molecule is O=C1O[C@@H]2C=CC=C[N+]2=C(O)[C@H]1Cc1ccccc1. The standard InChI is InChI=1S/C15H13NO3/c17-14-12(10-11-6-2-1-3-7-11)15(18)19-13-8-4-5-9-16(13)14/h1-9,12-13H,10H2/p+1/t12-,13-/m1/s1. The zero-order chi connectivity index (χ0) is 13.2. The van der Waals surface area contributed by atoms with E-state index in [-0.39, 0.29) is 11.9 Å². The van der Waals surface area contributed by atoms with E-state index in [1.807, 2.05) is 30.3 Å². The fourth-order valence-corrected chi connectivity index (χ4v) is 2.29. The van der Waals surface area contributed by atoms with E-state index < -0.39 is 12.1 Å². The van der Waals surface area contributed by atoms with Gasteiger partial charge in [-0.3, -0.25) is 4.79 Å². The molecule has 1 aromatic rings. The third-order valence-corrected chi connectivity index (χ3v) is 3.29. The lowest BCUT2D eigenvalue weighted by Gasteiger charge is -2.23. The molecule has 0 aromatic heterocycles. The van der Waals surface area contributed by atoms with Gasteiger partial charge in [-0.1, -0.05) is 30.3 Å². The monoisotopic (exact) mass is 256 g/mol. The summed E-state index contributed by atoms with van der Waals surface area (Å²) in [5.41, 5.74) is 0.992. The van der Waals surface area contributed by atoms with Crippen molar-refractivity contribution < 1.29 is 19.2 Å². The van der Waals surface area contributed by atoms with Crippen LogP contribution in [0.25, 0.3) is 0 Å². The van der Waals surface area contributed by atoms with Crippen molar-refractivity contribution in [3.8, 4) is 0 Å². The fraction of sp³-hybridized carbons (Fsp3) is 0.200. The van der Waals surface area contributed by atoms with Crippen molar-refractivity contribution >= 4 is 11.9 Å². The Bertz CT molecular complexity index is 587. The van der Waals surface area contributed by atoms with Crippen LogP contribution in [0.1, 0.15) is 5.56 Å². The van der Waals surface area contributed by atoms with Gasteiger partial charge >= 0.3 is 18.1 Å². The van der Waals surface area contributed by atoms with Crippen LogP contribution < -0.4 is 0 Å². The van der Waals surface area contributed by atoms with Crippen LogP contribution in [0.5, 0.6) is 0 Å². The van der Waals surface area contributed by atoms with Crippen molar-refractivity contribution in [2.75, 3.05) is 0 Å². The first-order chi connectivity index (χ1) is 9.25. The molecule has 4 heteroatoms. The van der Waals surface area contributed by atoms with Crippen molar-refractivity contribution in [3.63, 3.8) is 0 Å². The summed E-state index contributed by atoms with van der Waals surface area (Å²) in [7, 11) is 0. The highest BCUT2D eigenvalue weighted by Crippen LogP contribution is 2.20. The average Bonchev–Trinajstić information content (AvgIpc) is 2.45. The van der Waals surface area contributed by atoms with Crippen molar-refractivity contribution in [1.29, 1.82) is 0 Å². The number of nitrogens with zero attached hydrogens (tertiary/aromatic N) is 1. The number of aliphatic hydroxyl groups is 1. The molecule has 1 aromatic carbocycles. The molecule has 0 amide bonds. The third-order valence-electron chi connectivity index (χ3n) is 3.29. The number of aliphatic hydroxyl groups excluding tert-OH is 1. The van der Waals surface area contributed by atoms with Crippen LogP contribution in [0.15, 0.2) is 54.8 Å². The maximum absolute atomic E-state index is 12.0. The minimum atomic E-state index is -0.644. The van der Waals surface area contributed by atoms with Crippen molar-refractivity contribution in [2.45, 2.75) is 12.6 Å². The molecule has 0 aliphatic carbocycles. The van der Waals surface area contributed by atoms with E-state index in [1.165, 1.54) is 0 Å². The van der Waals surface area contributed by atoms with Crippen LogP contribution in [0.4, 0.5) is 0 Å². The molecule has 2 aliphatic heterocycles. The van der Waals surface area contributed by atoms with E-state index in [1.54, 1.807) is 29.0 Å². The second-order valence-electron chi connectivity index (χ2n) is 4.56. The largest absolute Gasteiger partial charge is 0.462 e. The number of rotatable bonds is 2. The molecule has 0 radical (unpaired) electrons. The summed E-state index contributed by atoms with van der Waals surface area (Å²) in [6.07, 6.45) is 6.94. The van der Waals surface area contributed by atoms with E-state index in [4.69, 9.17) is 4.74 Å². The van der Waals surface area contributed by atoms with Gasteiger partial charge in [-0.15, -0.1) is 4.58 Å². The van der Waals surface area contributed by atoms with Crippen molar-refractivity contribution in [3.05, 3.63) is 60.3 Å². The van der Waals surface area contributed by atoms with E-state index in [2.05, 4.69) is 0 Å². The minimum absolute atomic E-state index is 0.0469. The van der Waals surface area contributed by atoms with Crippen LogP contribution >= 0.6 is 0 Å². The van der Waals surface area contributed by atoms with Gasteiger partial charge in [0, 0.05) is 12.2 Å². The Kier molecular flexibility index (Phi) is 2.91. The van der Waals surface area contributed by atoms with Gasteiger partial charge in [0.1, 0.15) is 0 Å². The number of ether oxygens (including phenoxy) is 1. The summed E-state index contributed by atoms with van der Waals surface area (Å²) >= 11 is 0. The summed E-state index contributed by atoms with van der Waals surface area (Å²) in [5.74, 6) is -0.983. The molecule has 0 unspecified atom stereocenters. The van der Waals surface area contributed by atoms with Crippen LogP contribution in [-0.4, -0.2) is 27.8 Å². The summed E-state index contributed by atoms with van der Waals surface area (Å²) in [6.45, 7) is 0. The molecule has 2 aliphatic rings. The van der Waals surface area contributed by atoms with E-state index >= 15 is 0 Å². The third kappa shape index (κ3) is 2.17. The van der Waals surface area contributed by atoms with Gasteiger partial charge in [0.15, 0.2) is 12.1 Å². The average molecular weight is 256 g/mol. The molecule has 3 rings (SSSR count). The Morgan fingerprint density at radius 2 is 2.00 bits per heavy atom. The van der Waals surface area contributed by atoms with Crippen LogP contribution in [-0.2, 0) is 16.0 Å². The summed E-state index contributed by atoms with van der Waals surface area (Å²) in [4.78, 5) is 12.0. The molecule has 0 saturated carbocycles. The Balaban J connectivity index is 1.91. The molecular formula is C15H14NO3+. The maximum atomic E-state index is 12.0. The number of allylic oxidation sites excluding steroid dienone is 2. The molecule has 0 bridgehead atoms. The molecule has 1 N–H and O–H groups in total.